The summed E-state index contributed by atoms with van der Waals surface area (Å²) in [5.41, 5.74) is 9.54. The topological polar surface area (TPSA) is 108 Å². The molecule has 0 aliphatic heterocycles. The van der Waals surface area contributed by atoms with Crippen molar-refractivity contribution in [2.75, 3.05) is 0 Å². The molecule has 8 heteroatoms. The molecular weight excluding hydrogens is 426 g/mol. The highest BCUT2D eigenvalue weighted by atomic mass is 32.2. The van der Waals surface area contributed by atoms with Crippen molar-refractivity contribution in [2.45, 2.75) is 17.7 Å². The van der Waals surface area contributed by atoms with Crippen molar-refractivity contribution in [3.63, 3.8) is 0 Å². The molecule has 1 heterocycles. The first kappa shape index (κ1) is 20.0. The second-order valence-corrected chi connectivity index (χ2v) is 9.64. The molecule has 1 aliphatic carbocycles. The molecule has 3 aromatic carbocycles. The van der Waals surface area contributed by atoms with Crippen molar-refractivity contribution in [3.05, 3.63) is 117 Å². The van der Waals surface area contributed by atoms with E-state index in [0.29, 0.717) is 22.0 Å². The fourth-order valence-electron chi connectivity index (χ4n) is 4.31. The third kappa shape index (κ3) is 2.91. The molecule has 1 aliphatic rings. The van der Waals surface area contributed by atoms with Gasteiger partial charge in [0, 0.05) is 17.1 Å². The molecule has 7 nitrogen and oxygen atoms in total. The maximum Gasteiger partial charge on any atom is 0.281 e. The first-order chi connectivity index (χ1) is 15.3. The fourth-order valence-corrected chi connectivity index (χ4v) is 5.65. The summed E-state index contributed by atoms with van der Waals surface area (Å²) in [5, 5.41) is 12.5. The molecule has 2 N–H and O–H groups in total. The minimum atomic E-state index is -3.84. The second-order valence-electron chi connectivity index (χ2n) is 7.83. The summed E-state index contributed by atoms with van der Waals surface area (Å²) < 4.78 is 27.9. The van der Waals surface area contributed by atoms with E-state index in [1.807, 2.05) is 37.3 Å². The van der Waals surface area contributed by atoms with Gasteiger partial charge in [0.1, 0.15) is 11.6 Å². The number of nitrogens with two attached hydrogens (primary N) is 1. The van der Waals surface area contributed by atoms with Gasteiger partial charge in [-0.1, -0.05) is 48.0 Å². The van der Waals surface area contributed by atoms with E-state index in [1.165, 1.54) is 10.2 Å². The number of rotatable bonds is 4. The second kappa shape index (κ2) is 7.06. The monoisotopic (exact) mass is 445 g/mol. The lowest BCUT2D eigenvalue weighted by atomic mass is 9.91. The van der Waals surface area contributed by atoms with Crippen LogP contribution in [0.4, 0.5) is 0 Å². The fraction of sp³-hybridized carbons (Fsp3) is 0.0833. The number of nitro groups is 1. The quantitative estimate of drug-likeness (QED) is 0.373. The van der Waals surface area contributed by atoms with Crippen LogP contribution in [-0.2, 0) is 10.0 Å². The predicted octanol–water partition coefficient (Wildman–Crippen LogP) is 4.24. The number of nitrogens with zero attached hydrogens (tertiary/aromatic N) is 2. The number of fused-ring (bicyclic) bond motifs is 2. The zero-order valence-corrected chi connectivity index (χ0v) is 17.9. The lowest BCUT2D eigenvalue weighted by molar-refractivity contribution is -0.427. The smallest absolute Gasteiger partial charge is 0.281 e. The largest absolute Gasteiger partial charge is 0.393 e. The van der Waals surface area contributed by atoms with Crippen LogP contribution in [0.2, 0.25) is 0 Å². The van der Waals surface area contributed by atoms with E-state index in [4.69, 9.17) is 5.73 Å². The average molecular weight is 446 g/mol. The Balaban J connectivity index is 1.74. The summed E-state index contributed by atoms with van der Waals surface area (Å²) in [6.45, 7) is 1.89. The van der Waals surface area contributed by atoms with Crippen molar-refractivity contribution in [2.24, 2.45) is 5.73 Å². The van der Waals surface area contributed by atoms with Crippen LogP contribution < -0.4 is 5.73 Å². The molecule has 0 radical (unpaired) electrons. The molecule has 0 bridgehead atoms. The average Bonchev–Trinajstić information content (AvgIpc) is 3.32. The number of aromatic nitrogens is 1. The summed E-state index contributed by atoms with van der Waals surface area (Å²) >= 11 is 0. The maximum atomic E-state index is 13.3. The Hall–Kier alpha value is -3.91. The molecule has 160 valence electrons. The highest BCUT2D eigenvalue weighted by Crippen LogP contribution is 2.45. The van der Waals surface area contributed by atoms with Crippen molar-refractivity contribution in [3.8, 4) is 0 Å². The van der Waals surface area contributed by atoms with Crippen molar-refractivity contribution >= 4 is 26.6 Å². The molecule has 0 unspecified atom stereocenters. The Morgan fingerprint density at radius 2 is 1.69 bits per heavy atom. The summed E-state index contributed by atoms with van der Waals surface area (Å²) in [5.74, 6) is -0.684. The van der Waals surface area contributed by atoms with Gasteiger partial charge in [0.15, 0.2) is 0 Å². The van der Waals surface area contributed by atoms with Crippen LogP contribution in [0.1, 0.15) is 28.2 Å². The Labute approximate surface area is 184 Å². The third-order valence-electron chi connectivity index (χ3n) is 5.88. The molecule has 0 spiro atoms. The summed E-state index contributed by atoms with van der Waals surface area (Å²) in [4.78, 5) is 11.6. The number of aryl methyl sites for hydroxylation is 1. The SMILES string of the molecule is Cc1ccc(S(=O)(=O)n2ccc3cc4c(cc32)[C@H](c2ccccc2)C([N+](=O)[O-])=C4N)cc1. The van der Waals surface area contributed by atoms with Crippen LogP contribution in [0.5, 0.6) is 0 Å². The van der Waals surface area contributed by atoms with Crippen molar-refractivity contribution in [1.29, 1.82) is 0 Å². The van der Waals surface area contributed by atoms with Crippen LogP contribution in [0.25, 0.3) is 16.6 Å². The van der Waals surface area contributed by atoms with Gasteiger partial charge in [0.2, 0.25) is 0 Å². The van der Waals surface area contributed by atoms with E-state index in [0.717, 1.165) is 11.1 Å². The van der Waals surface area contributed by atoms with Crippen LogP contribution in [-0.4, -0.2) is 17.3 Å². The van der Waals surface area contributed by atoms with Crippen LogP contribution in [0, 0.1) is 17.0 Å². The zero-order valence-electron chi connectivity index (χ0n) is 17.1. The van der Waals surface area contributed by atoms with E-state index in [9.17, 15) is 18.5 Å². The minimum absolute atomic E-state index is 0.0909. The zero-order chi connectivity index (χ0) is 22.6. The van der Waals surface area contributed by atoms with E-state index in [1.54, 1.807) is 42.5 Å². The number of hydrogen-bond acceptors (Lipinski definition) is 5. The molecule has 1 aromatic heterocycles. The molecule has 32 heavy (non-hydrogen) atoms. The third-order valence-corrected chi connectivity index (χ3v) is 7.59. The summed E-state index contributed by atoms with van der Waals surface area (Å²) in [6.07, 6.45) is 1.50. The lowest BCUT2D eigenvalue weighted by Crippen LogP contribution is -2.12. The summed E-state index contributed by atoms with van der Waals surface area (Å²) in [6, 6.07) is 20.8. The van der Waals surface area contributed by atoms with E-state index >= 15 is 0 Å². The van der Waals surface area contributed by atoms with E-state index in [2.05, 4.69) is 0 Å². The van der Waals surface area contributed by atoms with Gasteiger partial charge in [0.25, 0.3) is 15.7 Å². The molecular formula is C24H19N3O4S. The molecule has 0 saturated heterocycles. The molecule has 0 saturated carbocycles. The van der Waals surface area contributed by atoms with Crippen LogP contribution >= 0.6 is 0 Å². The molecule has 4 aromatic rings. The number of hydrogen-bond donors (Lipinski definition) is 1. The van der Waals surface area contributed by atoms with E-state index in [-0.39, 0.29) is 16.3 Å². The van der Waals surface area contributed by atoms with E-state index < -0.39 is 20.9 Å². The van der Waals surface area contributed by atoms with Gasteiger partial charge in [-0.2, -0.15) is 0 Å². The lowest BCUT2D eigenvalue weighted by Gasteiger charge is -2.13. The van der Waals surface area contributed by atoms with Gasteiger partial charge in [-0.3, -0.25) is 10.1 Å². The Bertz CT molecular complexity index is 1520. The standard InChI is InChI=1S/C24H19N3O4S/c1-15-7-9-18(10-8-15)32(30,31)26-12-11-17-13-20-19(14-21(17)26)22(16-5-3-2-4-6-16)24(23(20)25)27(28)29/h2-14,22H,25H2,1H3/t22-/m0/s1. The Kier molecular flexibility index (Phi) is 4.42. The number of allylic oxidation sites excluding steroid dienone is 1. The highest BCUT2D eigenvalue weighted by molar-refractivity contribution is 7.90. The maximum absolute atomic E-state index is 13.3. The highest BCUT2D eigenvalue weighted by Gasteiger charge is 2.40. The number of benzene rings is 3. The predicted molar refractivity (Wildman–Crippen MR) is 122 cm³/mol. The van der Waals surface area contributed by atoms with Gasteiger partial charge >= 0.3 is 0 Å². The molecule has 1 atom stereocenters. The minimum Gasteiger partial charge on any atom is -0.393 e. The van der Waals surface area contributed by atoms with Gasteiger partial charge in [-0.15, -0.1) is 0 Å². The molecule has 0 amide bonds. The molecule has 0 fully saturated rings. The first-order valence-electron chi connectivity index (χ1n) is 9.95. The Morgan fingerprint density at radius 3 is 2.34 bits per heavy atom. The normalized spacial score (nSPS) is 15.8. The van der Waals surface area contributed by atoms with Gasteiger partial charge in [-0.05, 0) is 48.4 Å². The molecule has 5 rings (SSSR count). The van der Waals surface area contributed by atoms with Gasteiger partial charge in [0.05, 0.1) is 15.3 Å². The van der Waals surface area contributed by atoms with Crippen molar-refractivity contribution < 1.29 is 13.3 Å². The van der Waals surface area contributed by atoms with Crippen molar-refractivity contribution in [1.82, 2.24) is 3.97 Å². The van der Waals surface area contributed by atoms with Gasteiger partial charge in [-0.25, -0.2) is 12.4 Å². The van der Waals surface area contributed by atoms with Crippen LogP contribution in [0.15, 0.2) is 89.6 Å². The van der Waals surface area contributed by atoms with Crippen LogP contribution in [0.3, 0.4) is 0 Å². The van der Waals surface area contributed by atoms with Gasteiger partial charge < -0.3 is 5.73 Å². The Morgan fingerprint density at radius 1 is 1.00 bits per heavy atom. The first-order valence-corrected chi connectivity index (χ1v) is 11.4. The summed E-state index contributed by atoms with van der Waals surface area (Å²) in [7, 11) is -3.84.